The number of rotatable bonds is 6. The molecule has 1 N–H and O–H groups in total. The largest absolute Gasteiger partial charge is 0.495 e. The van der Waals surface area contributed by atoms with E-state index in [1.165, 1.54) is 29.6 Å². The van der Waals surface area contributed by atoms with Crippen molar-refractivity contribution in [2.24, 2.45) is 5.92 Å². The number of fused-ring (bicyclic) bond motifs is 2. The lowest BCUT2D eigenvalue weighted by Gasteiger charge is -2.23. The van der Waals surface area contributed by atoms with Crippen LogP contribution in [0, 0.1) is 5.92 Å². The monoisotopic (exact) mass is 383 g/mol. The number of carboxylic acid groups (broad SMARTS) is 1. The second-order valence-corrected chi connectivity index (χ2v) is 8.21. The molecule has 0 aromatic heterocycles. The molecule has 1 aromatic rings. The molecule has 2 saturated heterocycles. The number of carbonyl (C=O) groups is 2. The first-order chi connectivity index (χ1) is 12.3. The van der Waals surface area contributed by atoms with E-state index >= 15 is 0 Å². The highest BCUT2D eigenvalue weighted by Gasteiger charge is 2.54. The molecule has 3 atom stereocenters. The molecule has 8 nitrogen and oxygen atoms in total. The predicted octanol–water partition coefficient (Wildman–Crippen LogP) is 1.50. The minimum atomic E-state index is -4.02. The Morgan fingerprint density at radius 1 is 1.31 bits per heavy atom. The number of carbonyl (C=O) groups excluding carboxylic acids is 1. The van der Waals surface area contributed by atoms with Gasteiger partial charge >= 0.3 is 11.9 Å². The van der Waals surface area contributed by atoms with Gasteiger partial charge in [0.15, 0.2) is 0 Å². The number of esters is 1. The molecule has 2 aliphatic rings. The Kier molecular flexibility index (Phi) is 4.94. The molecule has 1 aromatic carbocycles. The van der Waals surface area contributed by atoms with Crippen LogP contribution in [0.3, 0.4) is 0 Å². The molecule has 142 valence electrons. The van der Waals surface area contributed by atoms with Crippen molar-refractivity contribution < 1.29 is 32.6 Å². The summed E-state index contributed by atoms with van der Waals surface area (Å²) in [5, 5.41) is 9.36. The summed E-state index contributed by atoms with van der Waals surface area (Å²) in [4.78, 5) is 23.3. The number of carboxylic acids is 1. The second kappa shape index (κ2) is 6.88. The van der Waals surface area contributed by atoms with Crippen LogP contribution in [-0.4, -0.2) is 55.6 Å². The molecule has 9 heteroatoms. The van der Waals surface area contributed by atoms with Gasteiger partial charge in [-0.1, -0.05) is 0 Å². The van der Waals surface area contributed by atoms with Crippen LogP contribution < -0.4 is 4.74 Å². The van der Waals surface area contributed by atoms with Gasteiger partial charge in [-0.05, 0) is 44.4 Å². The van der Waals surface area contributed by atoms with Gasteiger partial charge < -0.3 is 14.6 Å². The van der Waals surface area contributed by atoms with Crippen LogP contribution >= 0.6 is 0 Å². The van der Waals surface area contributed by atoms with Crippen molar-refractivity contribution in [1.82, 2.24) is 4.31 Å². The van der Waals surface area contributed by atoms with E-state index < -0.39 is 33.9 Å². The van der Waals surface area contributed by atoms with Gasteiger partial charge in [0, 0.05) is 12.1 Å². The first-order valence-electron chi connectivity index (χ1n) is 8.42. The average molecular weight is 383 g/mol. The summed E-state index contributed by atoms with van der Waals surface area (Å²) >= 11 is 0. The van der Waals surface area contributed by atoms with Crippen molar-refractivity contribution in [3.63, 3.8) is 0 Å². The fraction of sp³-hybridized carbons (Fsp3) is 0.529. The third-order valence-electron chi connectivity index (χ3n) is 5.02. The summed E-state index contributed by atoms with van der Waals surface area (Å²) in [6, 6.07) is 3.17. The van der Waals surface area contributed by atoms with Crippen molar-refractivity contribution in [3.8, 4) is 5.75 Å². The van der Waals surface area contributed by atoms with Gasteiger partial charge in [-0.2, -0.15) is 4.31 Å². The van der Waals surface area contributed by atoms with E-state index in [1.807, 2.05) is 0 Å². The number of methoxy groups -OCH3 is 1. The van der Waals surface area contributed by atoms with Crippen molar-refractivity contribution in [2.45, 2.75) is 43.2 Å². The Hall–Kier alpha value is -2.13. The van der Waals surface area contributed by atoms with Gasteiger partial charge in [-0.3, -0.25) is 4.79 Å². The summed E-state index contributed by atoms with van der Waals surface area (Å²) in [7, 11) is -2.67. The van der Waals surface area contributed by atoms with E-state index in [-0.39, 0.29) is 28.9 Å². The molecule has 2 heterocycles. The molecule has 0 amide bonds. The lowest BCUT2D eigenvalue weighted by molar-refractivity contribution is -0.142. The molecule has 0 aliphatic carbocycles. The van der Waals surface area contributed by atoms with Crippen LogP contribution in [0.4, 0.5) is 0 Å². The standard InChI is InChI=1S/C17H21NO7S/c1-3-25-17(21)10-4-7-14(24-2)15(8-10)26(22,23)18-11-5-6-13(18)12(9-11)16(19)20/h4,7-8,11-13H,3,5-6,9H2,1-2H3,(H,19,20). The van der Waals surface area contributed by atoms with Crippen LogP contribution in [0.15, 0.2) is 23.1 Å². The minimum Gasteiger partial charge on any atom is -0.495 e. The fourth-order valence-corrected chi connectivity index (χ4v) is 6.01. The first kappa shape index (κ1) is 18.7. The lowest BCUT2D eigenvalue weighted by atomic mass is 9.89. The second-order valence-electron chi connectivity index (χ2n) is 6.40. The highest BCUT2D eigenvalue weighted by Crippen LogP contribution is 2.46. The van der Waals surface area contributed by atoms with Gasteiger partial charge in [-0.15, -0.1) is 0 Å². The Morgan fingerprint density at radius 3 is 2.62 bits per heavy atom. The van der Waals surface area contributed by atoms with E-state index in [1.54, 1.807) is 6.92 Å². The quantitative estimate of drug-likeness (QED) is 0.741. The number of hydrogen-bond donors (Lipinski definition) is 1. The minimum absolute atomic E-state index is 0.104. The van der Waals surface area contributed by atoms with Gasteiger partial charge in [-0.25, -0.2) is 13.2 Å². The maximum Gasteiger partial charge on any atom is 0.338 e. The Labute approximate surface area is 151 Å². The summed E-state index contributed by atoms with van der Waals surface area (Å²) in [6.07, 6.45) is 1.45. The highest BCUT2D eigenvalue weighted by atomic mass is 32.2. The molecular formula is C17H21NO7S. The number of hydrogen-bond acceptors (Lipinski definition) is 6. The lowest BCUT2D eigenvalue weighted by Crippen LogP contribution is -2.38. The van der Waals surface area contributed by atoms with E-state index in [4.69, 9.17) is 9.47 Å². The van der Waals surface area contributed by atoms with Gasteiger partial charge in [0.2, 0.25) is 10.0 Å². The zero-order valence-corrected chi connectivity index (χ0v) is 15.4. The average Bonchev–Trinajstić information content (AvgIpc) is 3.20. The van der Waals surface area contributed by atoms with Crippen molar-refractivity contribution in [2.75, 3.05) is 13.7 Å². The number of aliphatic carboxylic acids is 1. The third-order valence-corrected chi connectivity index (χ3v) is 7.02. The van der Waals surface area contributed by atoms with Crippen LogP contribution in [0.1, 0.15) is 36.5 Å². The van der Waals surface area contributed by atoms with Crippen molar-refractivity contribution in [1.29, 1.82) is 0 Å². The van der Waals surface area contributed by atoms with Crippen LogP contribution in [0.5, 0.6) is 5.75 Å². The maximum absolute atomic E-state index is 13.3. The molecule has 2 aliphatic heterocycles. The number of sulfonamides is 1. The van der Waals surface area contributed by atoms with Gasteiger partial charge in [0.25, 0.3) is 0 Å². The third kappa shape index (κ3) is 2.95. The van der Waals surface area contributed by atoms with Crippen LogP contribution in [0.25, 0.3) is 0 Å². The smallest absolute Gasteiger partial charge is 0.338 e. The molecule has 3 rings (SSSR count). The predicted molar refractivity (Wildman–Crippen MR) is 90.5 cm³/mol. The summed E-state index contributed by atoms with van der Waals surface area (Å²) in [5.74, 6) is -2.21. The van der Waals surface area contributed by atoms with Crippen LogP contribution in [0.2, 0.25) is 0 Å². The highest BCUT2D eigenvalue weighted by molar-refractivity contribution is 7.89. The maximum atomic E-state index is 13.3. The van der Waals surface area contributed by atoms with Crippen molar-refractivity contribution in [3.05, 3.63) is 23.8 Å². The summed E-state index contributed by atoms with van der Waals surface area (Å²) < 4.78 is 38.0. The summed E-state index contributed by atoms with van der Waals surface area (Å²) in [6.45, 7) is 1.83. The molecule has 26 heavy (non-hydrogen) atoms. The van der Waals surface area contributed by atoms with Crippen LogP contribution in [-0.2, 0) is 19.6 Å². The topological polar surface area (TPSA) is 110 Å². The molecule has 3 unspecified atom stereocenters. The Bertz CT molecular complexity index is 836. The molecule has 2 fully saturated rings. The summed E-state index contributed by atoms with van der Waals surface area (Å²) in [5.41, 5.74) is 0.104. The number of benzene rings is 1. The normalized spacial score (nSPS) is 25.2. The fourth-order valence-electron chi connectivity index (χ4n) is 3.91. The SMILES string of the molecule is CCOC(=O)c1ccc(OC)c(S(=O)(=O)N2C3CCC2C(C(=O)O)C3)c1. The first-order valence-corrected chi connectivity index (χ1v) is 9.86. The number of nitrogens with zero attached hydrogens (tertiary/aromatic N) is 1. The van der Waals surface area contributed by atoms with E-state index in [2.05, 4.69) is 0 Å². The molecule has 0 saturated carbocycles. The molecular weight excluding hydrogens is 362 g/mol. The van der Waals surface area contributed by atoms with Gasteiger partial charge in [0.1, 0.15) is 10.6 Å². The van der Waals surface area contributed by atoms with Crippen molar-refractivity contribution >= 4 is 22.0 Å². The Morgan fingerprint density at radius 2 is 2.04 bits per heavy atom. The number of ether oxygens (including phenoxy) is 2. The van der Waals surface area contributed by atoms with E-state index in [0.717, 1.165) is 0 Å². The van der Waals surface area contributed by atoms with E-state index in [0.29, 0.717) is 19.3 Å². The Balaban J connectivity index is 2.03. The van der Waals surface area contributed by atoms with Gasteiger partial charge in [0.05, 0.1) is 25.2 Å². The zero-order chi connectivity index (χ0) is 19.1. The molecule has 0 radical (unpaired) electrons. The zero-order valence-electron chi connectivity index (χ0n) is 14.5. The molecule has 0 spiro atoms. The molecule has 2 bridgehead atoms. The van der Waals surface area contributed by atoms with E-state index in [9.17, 15) is 23.1 Å².